The number of likely N-dealkylation sites (N-methyl/N-ethyl adjacent to an activating group) is 1. The number of anilines is 1. The molecule has 82 valence electrons. The predicted octanol–water partition coefficient (Wildman–Crippen LogP) is 1.65. The Morgan fingerprint density at radius 1 is 1.33 bits per heavy atom. The van der Waals surface area contributed by atoms with Crippen molar-refractivity contribution in [2.45, 2.75) is 13.8 Å². The third kappa shape index (κ3) is 3.72. The Balaban J connectivity index is 2.62. The summed E-state index contributed by atoms with van der Waals surface area (Å²) in [6.07, 6.45) is 0. The molecule has 0 atom stereocenters. The van der Waals surface area contributed by atoms with Gasteiger partial charge in [-0.15, -0.1) is 0 Å². The van der Waals surface area contributed by atoms with Crippen LogP contribution in [-0.4, -0.2) is 25.5 Å². The van der Waals surface area contributed by atoms with Gasteiger partial charge in [-0.05, 0) is 18.7 Å². The van der Waals surface area contributed by atoms with Crippen molar-refractivity contribution in [3.63, 3.8) is 0 Å². The fourth-order valence-corrected chi connectivity index (χ4v) is 1.44. The lowest BCUT2D eigenvalue weighted by Crippen LogP contribution is -2.35. The minimum Gasteiger partial charge on any atom is -0.315 e. The molecule has 0 aliphatic rings. The van der Waals surface area contributed by atoms with Gasteiger partial charge in [-0.2, -0.15) is 0 Å². The molecule has 15 heavy (non-hydrogen) atoms. The van der Waals surface area contributed by atoms with E-state index in [1.54, 1.807) is 11.8 Å². The minimum atomic E-state index is 0.0825. The first kappa shape index (κ1) is 11.7. The molecule has 3 nitrogen and oxygen atoms in total. The summed E-state index contributed by atoms with van der Waals surface area (Å²) in [6.45, 7) is 6.12. The lowest BCUT2D eigenvalue weighted by Gasteiger charge is -2.21. The molecule has 0 spiro atoms. The van der Waals surface area contributed by atoms with Crippen LogP contribution in [0.25, 0.3) is 0 Å². The minimum absolute atomic E-state index is 0.0825. The van der Waals surface area contributed by atoms with Gasteiger partial charge in [0.2, 0.25) is 5.91 Å². The van der Waals surface area contributed by atoms with Gasteiger partial charge in [0.1, 0.15) is 0 Å². The van der Waals surface area contributed by atoms with Crippen LogP contribution in [0.15, 0.2) is 30.3 Å². The highest BCUT2D eigenvalue weighted by molar-refractivity contribution is 5.91. The summed E-state index contributed by atoms with van der Waals surface area (Å²) in [5, 5.41) is 3.21. The number of rotatable bonds is 5. The normalized spacial score (nSPS) is 10.0. The fraction of sp³-hybridized carbons (Fsp3) is 0.417. The van der Waals surface area contributed by atoms with E-state index in [0.717, 1.165) is 18.8 Å². The van der Waals surface area contributed by atoms with E-state index in [1.165, 1.54) is 0 Å². The van der Waals surface area contributed by atoms with E-state index >= 15 is 0 Å². The molecule has 0 aliphatic carbocycles. The standard InChI is InChI=1S/C12H18N2O/c1-3-13-9-10-14(11(2)15)12-7-5-4-6-8-12/h4-8,13H,3,9-10H2,1-2H3. The van der Waals surface area contributed by atoms with Crippen LogP contribution in [0.2, 0.25) is 0 Å². The Bertz CT molecular complexity index is 298. The Labute approximate surface area is 91.1 Å². The molecule has 0 radical (unpaired) electrons. The summed E-state index contributed by atoms with van der Waals surface area (Å²) in [4.78, 5) is 13.2. The summed E-state index contributed by atoms with van der Waals surface area (Å²) in [5.41, 5.74) is 0.961. The second-order valence-corrected chi connectivity index (χ2v) is 3.36. The zero-order valence-corrected chi connectivity index (χ0v) is 9.36. The number of hydrogen-bond acceptors (Lipinski definition) is 2. The largest absolute Gasteiger partial charge is 0.315 e. The zero-order valence-electron chi connectivity index (χ0n) is 9.36. The average molecular weight is 206 g/mol. The molecule has 0 fully saturated rings. The molecule has 1 rings (SSSR count). The average Bonchev–Trinajstić information content (AvgIpc) is 2.25. The number of nitrogens with one attached hydrogen (secondary N) is 1. The van der Waals surface area contributed by atoms with Gasteiger partial charge in [-0.3, -0.25) is 4.79 Å². The Morgan fingerprint density at radius 2 is 2.00 bits per heavy atom. The molecule has 0 bridgehead atoms. The molecule has 0 saturated carbocycles. The van der Waals surface area contributed by atoms with Gasteiger partial charge in [0, 0.05) is 25.7 Å². The summed E-state index contributed by atoms with van der Waals surface area (Å²) < 4.78 is 0. The second kappa shape index (κ2) is 6.19. The van der Waals surface area contributed by atoms with E-state index in [2.05, 4.69) is 12.2 Å². The van der Waals surface area contributed by atoms with Gasteiger partial charge < -0.3 is 10.2 Å². The van der Waals surface area contributed by atoms with Crippen molar-refractivity contribution in [2.75, 3.05) is 24.5 Å². The van der Waals surface area contributed by atoms with Crippen LogP contribution in [0.4, 0.5) is 5.69 Å². The van der Waals surface area contributed by atoms with E-state index < -0.39 is 0 Å². The number of nitrogens with zero attached hydrogens (tertiary/aromatic N) is 1. The first-order chi connectivity index (χ1) is 7.25. The molecular weight excluding hydrogens is 188 g/mol. The van der Waals surface area contributed by atoms with Gasteiger partial charge in [0.05, 0.1) is 0 Å². The molecule has 0 unspecified atom stereocenters. The van der Waals surface area contributed by atoms with Gasteiger partial charge >= 0.3 is 0 Å². The van der Waals surface area contributed by atoms with Crippen LogP contribution in [0, 0.1) is 0 Å². The molecule has 0 aliphatic heterocycles. The van der Waals surface area contributed by atoms with Crippen molar-refractivity contribution in [1.29, 1.82) is 0 Å². The summed E-state index contributed by atoms with van der Waals surface area (Å²) in [5.74, 6) is 0.0825. The van der Waals surface area contributed by atoms with Crippen molar-refractivity contribution in [2.24, 2.45) is 0 Å². The zero-order chi connectivity index (χ0) is 11.1. The van der Waals surface area contributed by atoms with Crippen LogP contribution in [-0.2, 0) is 4.79 Å². The molecule has 0 aromatic heterocycles. The number of hydrogen-bond donors (Lipinski definition) is 1. The Kier molecular flexibility index (Phi) is 4.84. The molecule has 0 saturated heterocycles. The number of benzene rings is 1. The molecular formula is C12H18N2O. The third-order valence-electron chi connectivity index (χ3n) is 2.21. The lowest BCUT2D eigenvalue weighted by atomic mass is 10.3. The third-order valence-corrected chi connectivity index (χ3v) is 2.21. The second-order valence-electron chi connectivity index (χ2n) is 3.36. The van der Waals surface area contributed by atoms with Crippen LogP contribution >= 0.6 is 0 Å². The highest BCUT2D eigenvalue weighted by Gasteiger charge is 2.09. The molecule has 0 heterocycles. The number of para-hydroxylation sites is 1. The quantitative estimate of drug-likeness (QED) is 0.743. The van der Waals surface area contributed by atoms with Crippen LogP contribution < -0.4 is 10.2 Å². The van der Waals surface area contributed by atoms with Gasteiger partial charge in [-0.25, -0.2) is 0 Å². The molecule has 1 aromatic rings. The van der Waals surface area contributed by atoms with Crippen LogP contribution in [0.1, 0.15) is 13.8 Å². The summed E-state index contributed by atoms with van der Waals surface area (Å²) in [6, 6.07) is 9.74. The number of carbonyl (C=O) groups is 1. The lowest BCUT2D eigenvalue weighted by molar-refractivity contribution is -0.116. The number of amides is 1. The van der Waals surface area contributed by atoms with Gasteiger partial charge in [0.25, 0.3) is 0 Å². The van der Waals surface area contributed by atoms with E-state index in [-0.39, 0.29) is 5.91 Å². The van der Waals surface area contributed by atoms with E-state index in [1.807, 2.05) is 30.3 Å². The Morgan fingerprint density at radius 3 is 2.53 bits per heavy atom. The smallest absolute Gasteiger partial charge is 0.223 e. The van der Waals surface area contributed by atoms with Crippen LogP contribution in [0.5, 0.6) is 0 Å². The van der Waals surface area contributed by atoms with Crippen molar-refractivity contribution in [1.82, 2.24) is 5.32 Å². The topological polar surface area (TPSA) is 32.3 Å². The molecule has 1 aromatic carbocycles. The maximum absolute atomic E-state index is 11.4. The first-order valence-corrected chi connectivity index (χ1v) is 5.29. The Hall–Kier alpha value is -1.35. The van der Waals surface area contributed by atoms with Crippen LogP contribution in [0.3, 0.4) is 0 Å². The summed E-state index contributed by atoms with van der Waals surface area (Å²) in [7, 11) is 0. The van der Waals surface area contributed by atoms with Crippen molar-refractivity contribution in [3.05, 3.63) is 30.3 Å². The molecule has 1 amide bonds. The van der Waals surface area contributed by atoms with Crippen molar-refractivity contribution < 1.29 is 4.79 Å². The van der Waals surface area contributed by atoms with Crippen molar-refractivity contribution >= 4 is 11.6 Å². The highest BCUT2D eigenvalue weighted by Crippen LogP contribution is 2.12. The highest BCUT2D eigenvalue weighted by atomic mass is 16.2. The predicted molar refractivity (Wildman–Crippen MR) is 63.0 cm³/mol. The summed E-state index contributed by atoms with van der Waals surface area (Å²) >= 11 is 0. The molecule has 3 heteroatoms. The maximum Gasteiger partial charge on any atom is 0.223 e. The number of carbonyl (C=O) groups excluding carboxylic acids is 1. The van der Waals surface area contributed by atoms with E-state index in [9.17, 15) is 4.79 Å². The van der Waals surface area contributed by atoms with Gasteiger partial charge in [0.15, 0.2) is 0 Å². The first-order valence-electron chi connectivity index (χ1n) is 5.29. The SMILES string of the molecule is CCNCCN(C(C)=O)c1ccccc1. The van der Waals surface area contributed by atoms with E-state index in [4.69, 9.17) is 0 Å². The van der Waals surface area contributed by atoms with E-state index in [0.29, 0.717) is 6.54 Å². The maximum atomic E-state index is 11.4. The fourth-order valence-electron chi connectivity index (χ4n) is 1.44. The molecule has 1 N–H and O–H groups in total. The van der Waals surface area contributed by atoms with Gasteiger partial charge in [-0.1, -0.05) is 25.1 Å². The monoisotopic (exact) mass is 206 g/mol. The van der Waals surface area contributed by atoms with Crippen molar-refractivity contribution in [3.8, 4) is 0 Å².